The SMILES string of the molecule is O=C(N=S(=O)=O)NN1CCCCCC1. The van der Waals surface area contributed by atoms with Crippen molar-refractivity contribution in [3.63, 3.8) is 0 Å². The van der Waals surface area contributed by atoms with Crippen molar-refractivity contribution in [2.45, 2.75) is 25.7 Å². The summed E-state index contributed by atoms with van der Waals surface area (Å²) in [5.41, 5.74) is 2.42. The third kappa shape index (κ3) is 4.33. The van der Waals surface area contributed by atoms with Crippen molar-refractivity contribution < 1.29 is 13.2 Å². The largest absolute Gasteiger partial charge is 0.370 e. The standard InChI is InChI=1S/C7H13N3O3S/c11-7(9-14(12)13)8-10-5-3-1-2-4-6-10/h1-6H2,(H,8,11). The van der Waals surface area contributed by atoms with E-state index in [-0.39, 0.29) is 0 Å². The molecule has 7 heteroatoms. The average molecular weight is 219 g/mol. The highest BCUT2D eigenvalue weighted by Crippen LogP contribution is 2.07. The first-order valence-electron chi connectivity index (χ1n) is 4.55. The second kappa shape index (κ2) is 5.71. The first-order chi connectivity index (χ1) is 6.68. The minimum atomic E-state index is -2.67. The Labute approximate surface area is 84.0 Å². The van der Waals surface area contributed by atoms with Gasteiger partial charge in [0.2, 0.25) is 0 Å². The van der Waals surface area contributed by atoms with Gasteiger partial charge in [-0.1, -0.05) is 17.2 Å². The van der Waals surface area contributed by atoms with Crippen LogP contribution in [0.1, 0.15) is 25.7 Å². The Morgan fingerprint density at radius 1 is 1.14 bits per heavy atom. The Morgan fingerprint density at radius 3 is 2.21 bits per heavy atom. The van der Waals surface area contributed by atoms with Crippen LogP contribution in [0.2, 0.25) is 0 Å². The molecule has 0 spiro atoms. The molecule has 1 aliphatic heterocycles. The Kier molecular flexibility index (Phi) is 4.54. The fraction of sp³-hybridized carbons (Fsp3) is 0.857. The van der Waals surface area contributed by atoms with Crippen LogP contribution in [-0.2, 0) is 10.5 Å². The number of hydrazine groups is 1. The number of carbonyl (C=O) groups excluding carboxylic acids is 1. The molecule has 0 aromatic heterocycles. The summed E-state index contributed by atoms with van der Waals surface area (Å²) in [4.78, 5) is 10.9. The van der Waals surface area contributed by atoms with Crippen LogP contribution in [0.4, 0.5) is 4.79 Å². The van der Waals surface area contributed by atoms with E-state index in [0.717, 1.165) is 38.8 Å². The number of hydrogen-bond donors (Lipinski definition) is 1. The molecular formula is C7H13N3O3S. The smallest absolute Gasteiger partial charge is 0.268 e. The molecule has 1 aliphatic rings. The van der Waals surface area contributed by atoms with Crippen molar-refractivity contribution in [1.29, 1.82) is 0 Å². The van der Waals surface area contributed by atoms with Gasteiger partial charge in [0.05, 0.1) is 0 Å². The monoisotopic (exact) mass is 219 g/mol. The van der Waals surface area contributed by atoms with Gasteiger partial charge in [-0.15, -0.1) is 0 Å². The van der Waals surface area contributed by atoms with Gasteiger partial charge in [-0.25, -0.2) is 9.80 Å². The van der Waals surface area contributed by atoms with E-state index in [2.05, 4.69) is 9.79 Å². The lowest BCUT2D eigenvalue weighted by Crippen LogP contribution is -2.41. The zero-order valence-corrected chi connectivity index (χ0v) is 8.59. The Morgan fingerprint density at radius 2 is 1.71 bits per heavy atom. The second-order valence-electron chi connectivity index (χ2n) is 3.13. The number of nitrogens with one attached hydrogen (secondary N) is 1. The summed E-state index contributed by atoms with van der Waals surface area (Å²) in [7, 11) is -2.67. The minimum absolute atomic E-state index is 0.757. The van der Waals surface area contributed by atoms with Crippen LogP contribution < -0.4 is 5.43 Å². The van der Waals surface area contributed by atoms with Crippen molar-refractivity contribution >= 4 is 16.5 Å². The van der Waals surface area contributed by atoms with Crippen LogP contribution in [0.15, 0.2) is 4.36 Å². The third-order valence-corrected chi connectivity index (χ3v) is 2.33. The number of rotatable bonds is 1. The molecule has 14 heavy (non-hydrogen) atoms. The molecule has 0 unspecified atom stereocenters. The normalized spacial score (nSPS) is 18.3. The van der Waals surface area contributed by atoms with Gasteiger partial charge in [0.1, 0.15) is 0 Å². The zero-order valence-electron chi connectivity index (χ0n) is 7.77. The van der Waals surface area contributed by atoms with Crippen molar-refractivity contribution in [2.75, 3.05) is 13.1 Å². The molecule has 1 N–H and O–H groups in total. The van der Waals surface area contributed by atoms with Gasteiger partial charge in [0.15, 0.2) is 0 Å². The Balaban J connectivity index is 2.42. The van der Waals surface area contributed by atoms with Crippen molar-refractivity contribution in [2.24, 2.45) is 4.36 Å². The van der Waals surface area contributed by atoms with Crippen molar-refractivity contribution in [3.05, 3.63) is 0 Å². The molecular weight excluding hydrogens is 206 g/mol. The lowest BCUT2D eigenvalue weighted by molar-refractivity contribution is 0.187. The fourth-order valence-electron chi connectivity index (χ4n) is 1.41. The molecule has 1 saturated heterocycles. The molecule has 0 saturated carbocycles. The number of hydrogen-bond acceptors (Lipinski definition) is 4. The number of carbonyl (C=O) groups is 1. The molecule has 0 radical (unpaired) electrons. The Hall–Kier alpha value is -0.950. The molecule has 1 fully saturated rings. The van der Waals surface area contributed by atoms with E-state index in [0.29, 0.717) is 0 Å². The van der Waals surface area contributed by atoms with Gasteiger partial charge in [-0.2, -0.15) is 8.42 Å². The maximum Gasteiger partial charge on any atom is 0.370 e. The van der Waals surface area contributed by atoms with Crippen LogP contribution in [-0.4, -0.2) is 32.5 Å². The van der Waals surface area contributed by atoms with E-state index < -0.39 is 16.5 Å². The summed E-state index contributed by atoms with van der Waals surface area (Å²) < 4.78 is 23.0. The van der Waals surface area contributed by atoms with Crippen LogP contribution in [0.25, 0.3) is 0 Å². The van der Waals surface area contributed by atoms with E-state index in [1.54, 1.807) is 5.01 Å². The van der Waals surface area contributed by atoms with E-state index >= 15 is 0 Å². The highest BCUT2D eigenvalue weighted by molar-refractivity contribution is 7.62. The molecule has 2 amide bonds. The van der Waals surface area contributed by atoms with Crippen LogP contribution in [0, 0.1) is 0 Å². The quantitative estimate of drug-likeness (QED) is 0.698. The Bertz CT molecular complexity index is 309. The summed E-state index contributed by atoms with van der Waals surface area (Å²) >= 11 is 0. The molecule has 0 bridgehead atoms. The lowest BCUT2D eigenvalue weighted by atomic mass is 10.2. The maximum absolute atomic E-state index is 10.9. The van der Waals surface area contributed by atoms with Gasteiger partial charge in [-0.05, 0) is 12.8 Å². The predicted octanol–water partition coefficient (Wildman–Crippen LogP) is 0.550. The summed E-state index contributed by atoms with van der Waals surface area (Å²) in [5.74, 6) is 0. The molecule has 6 nitrogen and oxygen atoms in total. The average Bonchev–Trinajstić information content (AvgIpc) is 2.31. The highest BCUT2D eigenvalue weighted by atomic mass is 32.2. The first-order valence-corrected chi connectivity index (χ1v) is 5.58. The number of nitrogens with zero attached hydrogens (tertiary/aromatic N) is 2. The zero-order chi connectivity index (χ0) is 10.4. The highest BCUT2D eigenvalue weighted by Gasteiger charge is 2.10. The molecule has 0 aromatic rings. The number of amides is 2. The van der Waals surface area contributed by atoms with E-state index in [1.165, 1.54) is 0 Å². The van der Waals surface area contributed by atoms with Gasteiger partial charge in [-0.3, -0.25) is 5.43 Å². The molecule has 0 atom stereocenters. The molecule has 1 heterocycles. The second-order valence-corrected chi connectivity index (χ2v) is 3.74. The van der Waals surface area contributed by atoms with Gasteiger partial charge < -0.3 is 0 Å². The topological polar surface area (TPSA) is 78.8 Å². The van der Waals surface area contributed by atoms with Crippen LogP contribution in [0.5, 0.6) is 0 Å². The van der Waals surface area contributed by atoms with Crippen LogP contribution >= 0.6 is 0 Å². The summed E-state index contributed by atoms with van der Waals surface area (Å²) in [6.07, 6.45) is 4.33. The maximum atomic E-state index is 10.9. The van der Waals surface area contributed by atoms with E-state index in [4.69, 9.17) is 0 Å². The van der Waals surface area contributed by atoms with Gasteiger partial charge in [0.25, 0.3) is 0 Å². The van der Waals surface area contributed by atoms with Crippen LogP contribution in [0.3, 0.4) is 0 Å². The van der Waals surface area contributed by atoms with Gasteiger partial charge >= 0.3 is 16.5 Å². The van der Waals surface area contributed by atoms with E-state index in [9.17, 15) is 13.2 Å². The lowest BCUT2D eigenvalue weighted by Gasteiger charge is -2.18. The summed E-state index contributed by atoms with van der Waals surface area (Å²) in [5, 5.41) is 1.71. The number of urea groups is 1. The molecule has 80 valence electrons. The fourth-order valence-corrected chi connectivity index (χ4v) is 1.58. The predicted molar refractivity (Wildman–Crippen MR) is 49.9 cm³/mol. The van der Waals surface area contributed by atoms with Gasteiger partial charge in [0, 0.05) is 13.1 Å². The molecule has 0 aliphatic carbocycles. The molecule has 0 aromatic carbocycles. The van der Waals surface area contributed by atoms with E-state index in [1.807, 2.05) is 0 Å². The third-order valence-electron chi connectivity index (χ3n) is 2.02. The summed E-state index contributed by atoms with van der Waals surface area (Å²) in [6.45, 7) is 1.51. The first kappa shape index (κ1) is 11.1. The molecule has 1 rings (SSSR count). The minimum Gasteiger partial charge on any atom is -0.268 e. The van der Waals surface area contributed by atoms with Crippen molar-refractivity contribution in [3.8, 4) is 0 Å². The summed E-state index contributed by atoms with van der Waals surface area (Å²) in [6, 6.07) is -0.819. The van der Waals surface area contributed by atoms with Crippen molar-refractivity contribution in [1.82, 2.24) is 10.4 Å².